The van der Waals surface area contributed by atoms with Gasteiger partial charge in [-0.2, -0.15) is 0 Å². The highest BCUT2D eigenvalue weighted by Crippen LogP contribution is 2.44. The van der Waals surface area contributed by atoms with Gasteiger partial charge in [-0.05, 0) is 42.0 Å². The minimum atomic E-state index is -0.958. The largest absolute Gasteiger partial charge is 0.507 e. The van der Waals surface area contributed by atoms with Gasteiger partial charge in [0.05, 0.1) is 25.8 Å². The first-order valence-electron chi connectivity index (χ1n) is 9.80. The molecule has 0 aliphatic carbocycles. The van der Waals surface area contributed by atoms with Gasteiger partial charge < -0.3 is 14.6 Å². The molecule has 0 spiro atoms. The molecule has 1 aliphatic heterocycles. The van der Waals surface area contributed by atoms with Crippen LogP contribution in [0.15, 0.2) is 78.4 Å². The lowest BCUT2D eigenvalue weighted by atomic mass is 9.94. The van der Waals surface area contributed by atoms with E-state index in [0.717, 1.165) is 0 Å². The first-order valence-corrected chi connectivity index (χ1v) is 9.80. The SMILES string of the molecule is COc1ccc([C@@H]2C(=C(O)c3ccccc3)C(=O)C(=O)N2c2ccc(F)cc2)cc1OC. The van der Waals surface area contributed by atoms with Crippen LogP contribution in [-0.2, 0) is 9.59 Å². The van der Waals surface area contributed by atoms with Crippen LogP contribution in [0, 0.1) is 5.82 Å². The van der Waals surface area contributed by atoms with Crippen molar-refractivity contribution in [3.63, 3.8) is 0 Å². The molecule has 1 atom stereocenters. The highest BCUT2D eigenvalue weighted by atomic mass is 19.1. The first kappa shape index (κ1) is 21.1. The molecule has 1 fully saturated rings. The number of nitrogens with zero attached hydrogens (tertiary/aromatic N) is 1. The maximum Gasteiger partial charge on any atom is 0.300 e. The van der Waals surface area contributed by atoms with Crippen molar-refractivity contribution in [3.8, 4) is 11.5 Å². The van der Waals surface area contributed by atoms with E-state index >= 15 is 0 Å². The van der Waals surface area contributed by atoms with E-state index < -0.39 is 23.5 Å². The van der Waals surface area contributed by atoms with E-state index in [4.69, 9.17) is 9.47 Å². The van der Waals surface area contributed by atoms with E-state index in [1.54, 1.807) is 48.5 Å². The van der Waals surface area contributed by atoms with Crippen molar-refractivity contribution in [1.29, 1.82) is 0 Å². The summed E-state index contributed by atoms with van der Waals surface area (Å²) in [5, 5.41) is 11.0. The third-order valence-electron chi connectivity index (χ3n) is 5.32. The third kappa shape index (κ3) is 3.58. The molecule has 0 bridgehead atoms. The molecular weight excluding hydrogens is 413 g/mol. The van der Waals surface area contributed by atoms with Crippen molar-refractivity contribution >= 4 is 23.1 Å². The number of hydrogen-bond donors (Lipinski definition) is 1. The molecule has 3 aromatic carbocycles. The van der Waals surface area contributed by atoms with Gasteiger partial charge in [-0.25, -0.2) is 4.39 Å². The van der Waals surface area contributed by atoms with E-state index in [9.17, 15) is 19.1 Å². The van der Waals surface area contributed by atoms with Gasteiger partial charge in [-0.3, -0.25) is 14.5 Å². The number of benzene rings is 3. The normalized spacial score (nSPS) is 17.5. The smallest absolute Gasteiger partial charge is 0.300 e. The molecule has 0 radical (unpaired) electrons. The number of rotatable bonds is 5. The Kier molecular flexibility index (Phi) is 5.64. The molecule has 1 heterocycles. The maximum absolute atomic E-state index is 13.5. The zero-order valence-electron chi connectivity index (χ0n) is 17.4. The molecule has 3 aromatic rings. The number of carbonyl (C=O) groups excluding carboxylic acids is 2. The van der Waals surface area contributed by atoms with Crippen LogP contribution in [-0.4, -0.2) is 31.0 Å². The third-order valence-corrected chi connectivity index (χ3v) is 5.32. The number of ether oxygens (including phenoxy) is 2. The van der Waals surface area contributed by atoms with Crippen molar-refractivity contribution in [2.75, 3.05) is 19.1 Å². The molecule has 6 nitrogen and oxygen atoms in total. The first-order chi connectivity index (χ1) is 15.5. The summed E-state index contributed by atoms with van der Waals surface area (Å²) in [5.41, 5.74) is 1.16. The fraction of sp³-hybridized carbons (Fsp3) is 0.120. The van der Waals surface area contributed by atoms with Crippen LogP contribution in [0.5, 0.6) is 11.5 Å². The summed E-state index contributed by atoms with van der Waals surface area (Å²) in [5.74, 6) is -1.57. The Morgan fingerprint density at radius 2 is 1.56 bits per heavy atom. The summed E-state index contributed by atoms with van der Waals surface area (Å²) in [4.78, 5) is 27.4. The summed E-state index contributed by atoms with van der Waals surface area (Å²) >= 11 is 0. The molecular formula is C25H20FNO5. The quantitative estimate of drug-likeness (QED) is 0.365. The number of methoxy groups -OCH3 is 2. The number of hydrogen-bond acceptors (Lipinski definition) is 5. The number of aliphatic hydroxyl groups excluding tert-OH is 1. The number of anilines is 1. The molecule has 162 valence electrons. The van der Waals surface area contributed by atoms with Gasteiger partial charge in [0.15, 0.2) is 11.5 Å². The zero-order valence-corrected chi connectivity index (χ0v) is 17.4. The van der Waals surface area contributed by atoms with Crippen LogP contribution in [0.1, 0.15) is 17.2 Å². The van der Waals surface area contributed by atoms with Crippen LogP contribution in [0.3, 0.4) is 0 Å². The molecule has 0 aromatic heterocycles. The Hall–Kier alpha value is -4.13. The number of amides is 1. The van der Waals surface area contributed by atoms with Crippen molar-refractivity contribution in [1.82, 2.24) is 0 Å². The van der Waals surface area contributed by atoms with Crippen molar-refractivity contribution in [2.45, 2.75) is 6.04 Å². The van der Waals surface area contributed by atoms with Gasteiger partial charge in [0, 0.05) is 11.3 Å². The topological polar surface area (TPSA) is 76.1 Å². The fourth-order valence-corrected chi connectivity index (χ4v) is 3.79. The summed E-state index contributed by atoms with van der Waals surface area (Å²) in [6.07, 6.45) is 0. The van der Waals surface area contributed by atoms with Gasteiger partial charge >= 0.3 is 0 Å². The van der Waals surface area contributed by atoms with Gasteiger partial charge in [-0.1, -0.05) is 36.4 Å². The Bertz CT molecular complexity index is 1200. The van der Waals surface area contributed by atoms with Crippen molar-refractivity contribution in [2.24, 2.45) is 0 Å². The summed E-state index contributed by atoms with van der Waals surface area (Å²) in [6, 6.07) is 17.8. The molecule has 1 amide bonds. The molecule has 1 N–H and O–H groups in total. The lowest BCUT2D eigenvalue weighted by molar-refractivity contribution is -0.132. The standard InChI is InChI=1S/C25H20FNO5/c1-31-19-13-8-16(14-20(19)32-2)22-21(23(28)15-6-4-3-5-7-15)24(29)25(30)27(22)18-11-9-17(26)10-12-18/h3-14,22,28H,1-2H3/t22-/m1/s1. The monoisotopic (exact) mass is 433 g/mol. The summed E-state index contributed by atoms with van der Waals surface area (Å²) in [7, 11) is 2.97. The average Bonchev–Trinajstić information content (AvgIpc) is 3.09. The number of carbonyl (C=O) groups is 2. The zero-order chi connectivity index (χ0) is 22.8. The number of halogens is 1. The Morgan fingerprint density at radius 3 is 2.19 bits per heavy atom. The number of Topliss-reactive ketones (excluding diaryl/α,β-unsaturated/α-hetero) is 1. The second-order valence-corrected chi connectivity index (χ2v) is 7.13. The predicted octanol–water partition coefficient (Wildman–Crippen LogP) is 4.47. The Labute approximate surface area is 184 Å². The molecule has 1 aliphatic rings. The minimum absolute atomic E-state index is 0.0715. The lowest BCUT2D eigenvalue weighted by Gasteiger charge is -2.26. The van der Waals surface area contributed by atoms with Gasteiger partial charge in [0.2, 0.25) is 0 Å². The number of ketones is 1. The second-order valence-electron chi connectivity index (χ2n) is 7.13. The molecule has 7 heteroatoms. The van der Waals surface area contributed by atoms with Crippen LogP contribution in [0.4, 0.5) is 10.1 Å². The summed E-state index contributed by atoms with van der Waals surface area (Å²) < 4.78 is 24.2. The molecule has 32 heavy (non-hydrogen) atoms. The van der Waals surface area contributed by atoms with E-state index in [1.807, 2.05) is 0 Å². The van der Waals surface area contributed by atoms with Crippen molar-refractivity contribution in [3.05, 3.63) is 95.3 Å². The Balaban J connectivity index is 1.96. The van der Waals surface area contributed by atoms with Crippen LogP contribution < -0.4 is 14.4 Å². The van der Waals surface area contributed by atoms with Crippen LogP contribution in [0.25, 0.3) is 5.76 Å². The van der Waals surface area contributed by atoms with Crippen LogP contribution >= 0.6 is 0 Å². The molecule has 0 saturated carbocycles. The highest BCUT2D eigenvalue weighted by Gasteiger charge is 2.47. The van der Waals surface area contributed by atoms with Gasteiger partial charge in [0.25, 0.3) is 11.7 Å². The van der Waals surface area contributed by atoms with Crippen LogP contribution in [0.2, 0.25) is 0 Å². The van der Waals surface area contributed by atoms with E-state index in [2.05, 4.69) is 0 Å². The highest BCUT2D eigenvalue weighted by molar-refractivity contribution is 6.51. The average molecular weight is 433 g/mol. The van der Waals surface area contributed by atoms with Gasteiger partial charge in [-0.15, -0.1) is 0 Å². The maximum atomic E-state index is 13.5. The predicted molar refractivity (Wildman–Crippen MR) is 117 cm³/mol. The molecule has 1 saturated heterocycles. The van der Waals surface area contributed by atoms with E-state index in [-0.39, 0.29) is 11.3 Å². The lowest BCUT2D eigenvalue weighted by Crippen LogP contribution is -2.29. The number of aliphatic hydroxyl groups is 1. The fourth-order valence-electron chi connectivity index (χ4n) is 3.79. The Morgan fingerprint density at radius 1 is 0.906 bits per heavy atom. The molecule has 0 unspecified atom stereocenters. The van der Waals surface area contributed by atoms with E-state index in [0.29, 0.717) is 28.3 Å². The van der Waals surface area contributed by atoms with E-state index in [1.165, 1.54) is 43.4 Å². The minimum Gasteiger partial charge on any atom is -0.507 e. The summed E-state index contributed by atoms with van der Waals surface area (Å²) in [6.45, 7) is 0. The second kappa shape index (κ2) is 8.55. The molecule has 4 rings (SSSR count). The van der Waals surface area contributed by atoms with Crippen molar-refractivity contribution < 1.29 is 28.6 Å². The van der Waals surface area contributed by atoms with Gasteiger partial charge in [0.1, 0.15) is 11.6 Å².